The topological polar surface area (TPSA) is 91.2 Å². The lowest BCUT2D eigenvalue weighted by molar-refractivity contribution is -0.118. The minimum atomic E-state index is -0.514. The van der Waals surface area contributed by atoms with Gasteiger partial charge in [-0.05, 0) is 42.0 Å². The van der Waals surface area contributed by atoms with Crippen molar-refractivity contribution in [1.82, 2.24) is 5.32 Å². The highest BCUT2D eigenvalue weighted by Crippen LogP contribution is 2.21. The summed E-state index contributed by atoms with van der Waals surface area (Å²) in [5.41, 5.74) is 1.74. The summed E-state index contributed by atoms with van der Waals surface area (Å²) in [5.74, 6) is -1.01. The molecule has 2 amide bonds. The number of anilines is 1. The Morgan fingerprint density at radius 1 is 0.969 bits per heavy atom. The van der Waals surface area contributed by atoms with E-state index >= 15 is 0 Å². The summed E-state index contributed by atoms with van der Waals surface area (Å²) in [7, 11) is 0. The van der Waals surface area contributed by atoms with E-state index in [1.807, 2.05) is 36.4 Å². The lowest BCUT2D eigenvalue weighted by atomic mass is 10.1. The van der Waals surface area contributed by atoms with Crippen molar-refractivity contribution in [3.63, 3.8) is 0 Å². The molecular formula is C25H20FN3O3. The van der Waals surface area contributed by atoms with E-state index in [2.05, 4.69) is 10.6 Å². The molecule has 0 aliphatic rings. The van der Waals surface area contributed by atoms with Crippen molar-refractivity contribution >= 4 is 23.6 Å². The van der Waals surface area contributed by atoms with Crippen molar-refractivity contribution in [1.29, 1.82) is 5.26 Å². The third-order valence-corrected chi connectivity index (χ3v) is 4.37. The van der Waals surface area contributed by atoms with Crippen LogP contribution in [0.4, 0.5) is 10.1 Å². The minimum Gasteiger partial charge on any atom is -0.483 e. The molecular weight excluding hydrogens is 409 g/mol. The Balaban J connectivity index is 1.64. The maximum atomic E-state index is 13.0. The van der Waals surface area contributed by atoms with Crippen molar-refractivity contribution in [3.05, 3.63) is 101 Å². The predicted molar refractivity (Wildman–Crippen MR) is 119 cm³/mol. The van der Waals surface area contributed by atoms with Crippen LogP contribution in [-0.4, -0.2) is 18.4 Å². The standard InChI is InChI=1S/C25H20FN3O3/c26-21-10-12-22(13-11-21)29-24(30)17-32-23-9-5-4-8-19(23)14-20(15-27)25(31)28-16-18-6-2-1-3-7-18/h1-14H,16-17H2,(H,28,31)(H,29,30). The maximum absolute atomic E-state index is 13.0. The average Bonchev–Trinajstić information content (AvgIpc) is 2.82. The number of rotatable bonds is 8. The van der Waals surface area contributed by atoms with Gasteiger partial charge < -0.3 is 15.4 Å². The van der Waals surface area contributed by atoms with E-state index < -0.39 is 17.6 Å². The van der Waals surface area contributed by atoms with Gasteiger partial charge in [0.15, 0.2) is 6.61 Å². The fraction of sp³-hybridized carbons (Fsp3) is 0.0800. The first-order chi connectivity index (χ1) is 15.5. The van der Waals surface area contributed by atoms with Gasteiger partial charge in [0.1, 0.15) is 23.2 Å². The average molecular weight is 429 g/mol. The number of nitrogens with one attached hydrogen (secondary N) is 2. The number of benzene rings is 3. The van der Waals surface area contributed by atoms with E-state index in [-0.39, 0.29) is 12.2 Å². The molecule has 7 heteroatoms. The van der Waals surface area contributed by atoms with Gasteiger partial charge in [-0.2, -0.15) is 5.26 Å². The fourth-order valence-electron chi connectivity index (χ4n) is 2.78. The monoisotopic (exact) mass is 429 g/mol. The number of hydrogen-bond acceptors (Lipinski definition) is 4. The molecule has 0 spiro atoms. The van der Waals surface area contributed by atoms with E-state index in [9.17, 15) is 19.2 Å². The summed E-state index contributed by atoms with van der Waals surface area (Å²) in [6, 6.07) is 23.4. The minimum absolute atomic E-state index is 0.0901. The lowest BCUT2D eigenvalue weighted by Crippen LogP contribution is -2.24. The summed E-state index contributed by atoms with van der Waals surface area (Å²) in [6.45, 7) is -0.00921. The van der Waals surface area contributed by atoms with Gasteiger partial charge in [-0.15, -0.1) is 0 Å². The molecule has 0 aliphatic heterocycles. The van der Waals surface area contributed by atoms with E-state index in [1.54, 1.807) is 24.3 Å². The van der Waals surface area contributed by atoms with Crippen molar-refractivity contribution in [2.24, 2.45) is 0 Å². The molecule has 160 valence electrons. The molecule has 3 rings (SSSR count). The molecule has 0 bridgehead atoms. The number of nitriles is 1. The molecule has 0 aromatic heterocycles. The molecule has 0 aliphatic carbocycles. The van der Waals surface area contributed by atoms with Crippen LogP contribution in [0.25, 0.3) is 6.08 Å². The Morgan fingerprint density at radius 2 is 1.66 bits per heavy atom. The van der Waals surface area contributed by atoms with E-state index in [0.29, 0.717) is 23.5 Å². The van der Waals surface area contributed by atoms with Crippen molar-refractivity contribution in [2.45, 2.75) is 6.54 Å². The molecule has 6 nitrogen and oxygen atoms in total. The number of para-hydroxylation sites is 1. The molecule has 0 saturated carbocycles. The Kier molecular flexibility index (Phi) is 7.71. The van der Waals surface area contributed by atoms with Crippen molar-refractivity contribution < 1.29 is 18.7 Å². The Bertz CT molecular complexity index is 1150. The van der Waals surface area contributed by atoms with Crippen LogP contribution in [-0.2, 0) is 16.1 Å². The summed E-state index contributed by atoms with van der Waals surface area (Å²) in [5, 5.41) is 14.7. The van der Waals surface area contributed by atoms with Gasteiger partial charge >= 0.3 is 0 Å². The number of carbonyl (C=O) groups excluding carboxylic acids is 2. The second-order valence-corrected chi connectivity index (χ2v) is 6.72. The second kappa shape index (κ2) is 11.1. The summed E-state index contributed by atoms with van der Waals surface area (Å²) in [4.78, 5) is 24.5. The summed E-state index contributed by atoms with van der Waals surface area (Å²) >= 11 is 0. The van der Waals surface area contributed by atoms with Crippen LogP contribution in [0.3, 0.4) is 0 Å². The van der Waals surface area contributed by atoms with Crippen LogP contribution in [0, 0.1) is 17.1 Å². The lowest BCUT2D eigenvalue weighted by Gasteiger charge is -2.10. The molecule has 0 fully saturated rings. The first-order valence-corrected chi connectivity index (χ1v) is 9.76. The molecule has 3 aromatic carbocycles. The van der Waals surface area contributed by atoms with Gasteiger partial charge in [-0.1, -0.05) is 48.5 Å². The smallest absolute Gasteiger partial charge is 0.262 e. The third kappa shape index (κ3) is 6.54. The number of carbonyl (C=O) groups is 2. The maximum Gasteiger partial charge on any atom is 0.262 e. The zero-order valence-electron chi connectivity index (χ0n) is 17.0. The summed E-state index contributed by atoms with van der Waals surface area (Å²) < 4.78 is 18.5. The molecule has 3 aromatic rings. The third-order valence-electron chi connectivity index (χ3n) is 4.37. The molecule has 0 atom stereocenters. The molecule has 0 saturated heterocycles. The highest BCUT2D eigenvalue weighted by molar-refractivity contribution is 6.02. The molecule has 0 radical (unpaired) electrons. The van der Waals surface area contributed by atoms with Crippen LogP contribution in [0.5, 0.6) is 5.75 Å². The van der Waals surface area contributed by atoms with Gasteiger partial charge in [0.05, 0.1) is 0 Å². The van der Waals surface area contributed by atoms with Gasteiger partial charge in [0, 0.05) is 17.8 Å². The summed E-state index contributed by atoms with van der Waals surface area (Å²) in [6.07, 6.45) is 1.41. The van der Waals surface area contributed by atoms with Gasteiger partial charge in [-0.3, -0.25) is 9.59 Å². The fourth-order valence-corrected chi connectivity index (χ4v) is 2.78. The van der Waals surface area contributed by atoms with Crippen LogP contribution in [0.1, 0.15) is 11.1 Å². The Labute approximate surface area is 185 Å². The first kappa shape index (κ1) is 22.2. The van der Waals surface area contributed by atoms with Crippen LogP contribution < -0.4 is 15.4 Å². The molecule has 2 N–H and O–H groups in total. The number of nitrogens with zero attached hydrogens (tertiary/aromatic N) is 1. The number of amides is 2. The van der Waals surface area contributed by atoms with Crippen LogP contribution in [0.15, 0.2) is 84.4 Å². The van der Waals surface area contributed by atoms with Gasteiger partial charge in [-0.25, -0.2) is 4.39 Å². The van der Waals surface area contributed by atoms with Crippen molar-refractivity contribution in [3.8, 4) is 11.8 Å². The normalized spacial score (nSPS) is 10.7. The molecule has 32 heavy (non-hydrogen) atoms. The van der Waals surface area contributed by atoms with Gasteiger partial charge in [0.25, 0.3) is 11.8 Å². The number of ether oxygens (including phenoxy) is 1. The first-order valence-electron chi connectivity index (χ1n) is 9.76. The molecule has 0 heterocycles. The Hall–Kier alpha value is -4.44. The van der Waals surface area contributed by atoms with Crippen LogP contribution in [0.2, 0.25) is 0 Å². The van der Waals surface area contributed by atoms with Gasteiger partial charge in [0.2, 0.25) is 0 Å². The molecule has 0 unspecified atom stereocenters. The highest BCUT2D eigenvalue weighted by Gasteiger charge is 2.12. The Morgan fingerprint density at radius 3 is 2.38 bits per heavy atom. The van der Waals surface area contributed by atoms with E-state index in [4.69, 9.17) is 4.74 Å². The quantitative estimate of drug-likeness (QED) is 0.417. The van der Waals surface area contributed by atoms with Crippen molar-refractivity contribution in [2.75, 3.05) is 11.9 Å². The van der Waals surface area contributed by atoms with E-state index in [1.165, 1.54) is 30.3 Å². The number of hydrogen-bond donors (Lipinski definition) is 2. The SMILES string of the molecule is N#CC(=Cc1ccccc1OCC(=O)Nc1ccc(F)cc1)C(=O)NCc1ccccc1. The second-order valence-electron chi connectivity index (χ2n) is 6.72. The predicted octanol–water partition coefficient (Wildman–Crippen LogP) is 4.07. The largest absolute Gasteiger partial charge is 0.483 e. The van der Waals surface area contributed by atoms with E-state index in [0.717, 1.165) is 5.56 Å². The zero-order chi connectivity index (χ0) is 22.8. The highest BCUT2D eigenvalue weighted by atomic mass is 19.1. The number of halogens is 1. The zero-order valence-corrected chi connectivity index (χ0v) is 17.0. The van der Waals surface area contributed by atoms with Crippen LogP contribution >= 0.6 is 0 Å².